The van der Waals surface area contributed by atoms with Crippen LogP contribution in [0.25, 0.3) is 11.4 Å². The average Bonchev–Trinajstić information content (AvgIpc) is 2.95. The van der Waals surface area contributed by atoms with E-state index in [0.717, 1.165) is 42.2 Å². The summed E-state index contributed by atoms with van der Waals surface area (Å²) in [5.41, 5.74) is 3.40. The van der Waals surface area contributed by atoms with E-state index in [1.165, 1.54) is 11.3 Å². The molecule has 0 radical (unpaired) electrons. The van der Waals surface area contributed by atoms with E-state index in [1.54, 1.807) is 0 Å². The van der Waals surface area contributed by atoms with Crippen LogP contribution >= 0.6 is 0 Å². The molecule has 0 aliphatic heterocycles. The monoisotopic (exact) mass is 269 g/mol. The molecule has 1 N–H and O–H groups in total. The van der Waals surface area contributed by atoms with E-state index in [1.807, 2.05) is 38.2 Å². The van der Waals surface area contributed by atoms with Crippen molar-refractivity contribution in [3.63, 3.8) is 0 Å². The number of rotatable bonds is 4. The summed E-state index contributed by atoms with van der Waals surface area (Å²) >= 11 is 0. The topological polar surface area (TPSA) is 47.0 Å². The summed E-state index contributed by atoms with van der Waals surface area (Å²) in [7, 11) is 1.92. The predicted molar refractivity (Wildman–Crippen MR) is 80.2 cm³/mol. The smallest absolute Gasteiger partial charge is 0.165 e. The molecule has 0 spiro atoms. The number of ether oxygens (including phenoxy) is 1. The fourth-order valence-corrected chi connectivity index (χ4v) is 2.69. The lowest BCUT2D eigenvalue weighted by Crippen LogP contribution is -2.04. The van der Waals surface area contributed by atoms with Gasteiger partial charge in [0.15, 0.2) is 5.82 Å². The normalized spacial score (nSPS) is 13.1. The minimum absolute atomic E-state index is 0.640. The van der Waals surface area contributed by atoms with Gasteiger partial charge in [0.25, 0.3) is 0 Å². The van der Waals surface area contributed by atoms with Gasteiger partial charge in [0.2, 0.25) is 0 Å². The van der Waals surface area contributed by atoms with Crippen molar-refractivity contribution in [2.24, 2.45) is 0 Å². The molecule has 0 saturated carbocycles. The number of anilines is 1. The van der Waals surface area contributed by atoms with Crippen LogP contribution in [0.5, 0.6) is 5.75 Å². The Morgan fingerprint density at radius 1 is 1.20 bits per heavy atom. The largest absolute Gasteiger partial charge is 0.493 e. The van der Waals surface area contributed by atoms with Crippen LogP contribution in [-0.4, -0.2) is 23.6 Å². The first kappa shape index (κ1) is 12.9. The minimum Gasteiger partial charge on any atom is -0.493 e. The van der Waals surface area contributed by atoms with Gasteiger partial charge in [0.05, 0.1) is 12.2 Å². The minimum atomic E-state index is 0.640. The van der Waals surface area contributed by atoms with Gasteiger partial charge in [-0.2, -0.15) is 0 Å². The molecular weight excluding hydrogens is 250 g/mol. The van der Waals surface area contributed by atoms with Gasteiger partial charge in [0.1, 0.15) is 11.6 Å². The molecule has 1 aromatic heterocycles. The molecule has 3 rings (SSSR count). The molecule has 20 heavy (non-hydrogen) atoms. The maximum atomic E-state index is 5.68. The number of nitrogens with zero attached hydrogens (tertiary/aromatic N) is 2. The second kappa shape index (κ2) is 5.49. The molecule has 0 bridgehead atoms. The zero-order chi connectivity index (χ0) is 13.9. The van der Waals surface area contributed by atoms with E-state index < -0.39 is 0 Å². The Kier molecular flexibility index (Phi) is 3.54. The molecule has 0 amide bonds. The number of benzene rings is 1. The highest BCUT2D eigenvalue weighted by Crippen LogP contribution is 2.32. The van der Waals surface area contributed by atoms with E-state index in [2.05, 4.69) is 10.3 Å². The molecule has 1 aliphatic carbocycles. The summed E-state index contributed by atoms with van der Waals surface area (Å²) in [4.78, 5) is 9.42. The lowest BCUT2D eigenvalue weighted by Gasteiger charge is -2.12. The lowest BCUT2D eigenvalue weighted by molar-refractivity contribution is 0.341. The van der Waals surface area contributed by atoms with Crippen LogP contribution in [0.1, 0.15) is 24.6 Å². The number of fused-ring (bicyclic) bond motifs is 1. The second-order valence-corrected chi connectivity index (χ2v) is 4.85. The molecule has 0 fully saturated rings. The molecule has 1 heterocycles. The van der Waals surface area contributed by atoms with Crippen LogP contribution in [0.2, 0.25) is 0 Å². The summed E-state index contributed by atoms with van der Waals surface area (Å²) < 4.78 is 5.68. The van der Waals surface area contributed by atoms with Crippen molar-refractivity contribution in [3.8, 4) is 17.1 Å². The maximum Gasteiger partial charge on any atom is 0.165 e. The van der Waals surface area contributed by atoms with E-state index >= 15 is 0 Å². The van der Waals surface area contributed by atoms with Gasteiger partial charge in [-0.15, -0.1) is 0 Å². The van der Waals surface area contributed by atoms with Gasteiger partial charge in [-0.05, 0) is 38.3 Å². The number of nitrogens with one attached hydrogen (secondary N) is 1. The third-order valence-corrected chi connectivity index (χ3v) is 3.60. The fourth-order valence-electron chi connectivity index (χ4n) is 2.69. The Balaban J connectivity index is 2.11. The summed E-state index contributed by atoms with van der Waals surface area (Å²) in [6.07, 6.45) is 3.27. The van der Waals surface area contributed by atoms with E-state index in [9.17, 15) is 0 Å². The zero-order valence-corrected chi connectivity index (χ0v) is 11.9. The first-order valence-corrected chi connectivity index (χ1v) is 7.13. The Morgan fingerprint density at radius 3 is 2.85 bits per heavy atom. The molecule has 4 nitrogen and oxygen atoms in total. The second-order valence-electron chi connectivity index (χ2n) is 4.85. The highest BCUT2D eigenvalue weighted by molar-refractivity contribution is 5.66. The van der Waals surface area contributed by atoms with Crippen molar-refractivity contribution in [3.05, 3.63) is 35.5 Å². The predicted octanol–water partition coefficient (Wildman–Crippen LogP) is 3.07. The first-order chi connectivity index (χ1) is 9.83. The molecule has 1 aromatic carbocycles. The van der Waals surface area contributed by atoms with Crippen molar-refractivity contribution in [2.45, 2.75) is 26.2 Å². The summed E-state index contributed by atoms with van der Waals surface area (Å²) in [5, 5.41) is 3.20. The standard InChI is InChI=1S/C16H19N3O/c1-3-20-14-10-5-4-7-12(14)16-18-13-9-6-8-11(13)15(17-2)19-16/h4-5,7,10H,3,6,8-9H2,1-2H3,(H,17,18,19). The molecular formula is C16H19N3O. The van der Waals surface area contributed by atoms with E-state index in [0.29, 0.717) is 6.61 Å². The average molecular weight is 269 g/mol. The van der Waals surface area contributed by atoms with E-state index in [4.69, 9.17) is 9.72 Å². The third kappa shape index (κ3) is 2.22. The molecule has 104 valence electrons. The van der Waals surface area contributed by atoms with E-state index in [-0.39, 0.29) is 0 Å². The quantitative estimate of drug-likeness (QED) is 0.926. The number of aryl methyl sites for hydroxylation is 1. The number of aromatic nitrogens is 2. The van der Waals surface area contributed by atoms with Crippen LogP contribution in [0.4, 0.5) is 5.82 Å². The molecule has 1 aliphatic rings. The first-order valence-electron chi connectivity index (χ1n) is 7.13. The van der Waals surface area contributed by atoms with Crippen LogP contribution < -0.4 is 10.1 Å². The summed E-state index contributed by atoms with van der Waals surface area (Å²) in [5.74, 6) is 2.54. The number of hydrogen-bond donors (Lipinski definition) is 1. The highest BCUT2D eigenvalue weighted by atomic mass is 16.5. The SMILES string of the molecule is CCOc1ccccc1-c1nc2c(c(NC)n1)CCC2. The van der Waals surface area contributed by atoms with Crippen molar-refractivity contribution in [1.29, 1.82) is 0 Å². The number of para-hydroxylation sites is 1. The fraction of sp³-hybridized carbons (Fsp3) is 0.375. The highest BCUT2D eigenvalue weighted by Gasteiger charge is 2.20. The lowest BCUT2D eigenvalue weighted by atomic mass is 10.1. The van der Waals surface area contributed by atoms with Gasteiger partial charge >= 0.3 is 0 Å². The van der Waals surface area contributed by atoms with Gasteiger partial charge in [0, 0.05) is 18.3 Å². The molecule has 0 saturated heterocycles. The molecule has 0 atom stereocenters. The Labute approximate surface area is 119 Å². The summed E-state index contributed by atoms with van der Waals surface area (Å²) in [6, 6.07) is 7.95. The Hall–Kier alpha value is -2.10. The maximum absolute atomic E-state index is 5.68. The van der Waals surface area contributed by atoms with Crippen LogP contribution in [-0.2, 0) is 12.8 Å². The van der Waals surface area contributed by atoms with Crippen LogP contribution in [0.15, 0.2) is 24.3 Å². The Bertz CT molecular complexity index is 625. The zero-order valence-electron chi connectivity index (χ0n) is 11.9. The van der Waals surface area contributed by atoms with Gasteiger partial charge in [-0.25, -0.2) is 9.97 Å². The van der Waals surface area contributed by atoms with Crippen molar-refractivity contribution >= 4 is 5.82 Å². The van der Waals surface area contributed by atoms with Crippen LogP contribution in [0, 0.1) is 0 Å². The Morgan fingerprint density at radius 2 is 2.05 bits per heavy atom. The molecule has 0 unspecified atom stereocenters. The van der Waals surface area contributed by atoms with Crippen molar-refractivity contribution in [1.82, 2.24) is 9.97 Å². The van der Waals surface area contributed by atoms with Gasteiger partial charge < -0.3 is 10.1 Å². The van der Waals surface area contributed by atoms with Crippen molar-refractivity contribution in [2.75, 3.05) is 19.0 Å². The number of hydrogen-bond acceptors (Lipinski definition) is 4. The van der Waals surface area contributed by atoms with Crippen LogP contribution in [0.3, 0.4) is 0 Å². The molecule has 4 heteroatoms. The van der Waals surface area contributed by atoms with Crippen molar-refractivity contribution < 1.29 is 4.74 Å². The molecule has 2 aromatic rings. The third-order valence-electron chi connectivity index (χ3n) is 3.60. The van der Waals surface area contributed by atoms with Gasteiger partial charge in [-0.3, -0.25) is 0 Å². The summed E-state index contributed by atoms with van der Waals surface area (Å²) in [6.45, 7) is 2.63. The van der Waals surface area contributed by atoms with Gasteiger partial charge in [-0.1, -0.05) is 12.1 Å².